The van der Waals surface area contributed by atoms with Gasteiger partial charge >= 0.3 is 10.8 Å². The van der Waals surface area contributed by atoms with E-state index in [0.29, 0.717) is 17.8 Å². The molecule has 7 nitrogen and oxygen atoms in total. The van der Waals surface area contributed by atoms with E-state index in [9.17, 15) is 18.0 Å². The van der Waals surface area contributed by atoms with E-state index in [2.05, 4.69) is 9.71 Å². The molecule has 108 valence electrons. The van der Waals surface area contributed by atoms with Crippen LogP contribution in [0, 0.1) is 12.8 Å². The number of thiazole rings is 1. The molecule has 1 aromatic rings. The second-order valence-corrected chi connectivity index (χ2v) is 7.14. The molecular weight excluding hydrogens is 292 g/mol. The van der Waals surface area contributed by atoms with Gasteiger partial charge in [-0.1, -0.05) is 31.6 Å². The number of rotatable bonds is 6. The Morgan fingerprint density at radius 3 is 2.47 bits per heavy atom. The van der Waals surface area contributed by atoms with Crippen LogP contribution in [0.5, 0.6) is 0 Å². The second kappa shape index (κ2) is 5.85. The van der Waals surface area contributed by atoms with Crippen LogP contribution in [0.4, 0.5) is 0 Å². The van der Waals surface area contributed by atoms with E-state index < -0.39 is 26.9 Å². The maximum Gasteiger partial charge on any atom is 0.322 e. The molecule has 1 rings (SSSR count). The van der Waals surface area contributed by atoms with E-state index in [1.807, 2.05) is 0 Å². The first kappa shape index (κ1) is 15.9. The molecule has 0 aliphatic rings. The van der Waals surface area contributed by atoms with Crippen molar-refractivity contribution in [1.82, 2.24) is 9.71 Å². The lowest BCUT2D eigenvalue weighted by Crippen LogP contribution is -2.44. The van der Waals surface area contributed by atoms with Crippen molar-refractivity contribution in [3.63, 3.8) is 0 Å². The number of aliphatic carboxylic acids is 1. The molecule has 0 aliphatic heterocycles. The van der Waals surface area contributed by atoms with Gasteiger partial charge in [-0.25, -0.2) is 8.42 Å². The van der Waals surface area contributed by atoms with Crippen molar-refractivity contribution in [2.75, 3.05) is 0 Å². The minimum Gasteiger partial charge on any atom is -0.480 e. The van der Waals surface area contributed by atoms with Crippen molar-refractivity contribution in [3.05, 3.63) is 15.4 Å². The minimum atomic E-state index is -4.01. The number of aromatic amines is 1. The molecule has 0 aliphatic carbocycles. The molecule has 19 heavy (non-hydrogen) atoms. The number of sulfonamides is 1. The Morgan fingerprint density at radius 2 is 2.11 bits per heavy atom. The smallest absolute Gasteiger partial charge is 0.322 e. The highest BCUT2D eigenvalue weighted by atomic mass is 32.2. The molecule has 1 aromatic heterocycles. The summed E-state index contributed by atoms with van der Waals surface area (Å²) in [6.45, 7) is 4.87. The van der Waals surface area contributed by atoms with Gasteiger partial charge in [0.15, 0.2) is 4.21 Å². The number of hydrogen-bond acceptors (Lipinski definition) is 5. The lowest BCUT2D eigenvalue weighted by atomic mass is 10.0. The number of carboxylic acid groups (broad SMARTS) is 1. The highest BCUT2D eigenvalue weighted by Gasteiger charge is 2.31. The van der Waals surface area contributed by atoms with Crippen LogP contribution >= 0.6 is 11.3 Å². The van der Waals surface area contributed by atoms with E-state index in [1.165, 1.54) is 6.92 Å². The molecule has 0 amide bonds. The second-order valence-electron chi connectivity index (χ2n) is 4.25. The first-order valence-corrected chi connectivity index (χ1v) is 7.93. The third-order valence-electron chi connectivity index (χ3n) is 2.79. The summed E-state index contributed by atoms with van der Waals surface area (Å²) in [5, 5.41) is 9.07. The van der Waals surface area contributed by atoms with E-state index in [1.54, 1.807) is 13.8 Å². The average molecular weight is 308 g/mol. The Labute approximate surface area is 114 Å². The first-order chi connectivity index (χ1) is 8.69. The molecule has 0 aromatic carbocycles. The molecule has 0 fully saturated rings. The fourth-order valence-electron chi connectivity index (χ4n) is 1.51. The van der Waals surface area contributed by atoms with Gasteiger partial charge in [0.1, 0.15) is 6.04 Å². The fourth-order valence-corrected chi connectivity index (χ4v) is 4.13. The maximum atomic E-state index is 12.1. The predicted octanol–water partition coefficient (Wildman–Crippen LogP) is 0.522. The standard InChI is InChI=1S/C10H16N2O5S2/c1-4-5(2)7(8(13)14)12-19(16,17)9-6(3)11-10(15)18-9/h5,7,12H,4H2,1-3H3,(H,11,15)(H,13,14)/t5-,7-/m0/s1. The Bertz CT molecular complexity index is 616. The molecule has 3 N–H and O–H groups in total. The summed E-state index contributed by atoms with van der Waals surface area (Å²) in [6.07, 6.45) is 0.516. The summed E-state index contributed by atoms with van der Waals surface area (Å²) in [4.78, 5) is 24.1. The molecule has 0 radical (unpaired) electrons. The van der Waals surface area contributed by atoms with Crippen molar-refractivity contribution in [3.8, 4) is 0 Å². The third kappa shape index (κ3) is 3.64. The molecular formula is C10H16N2O5S2. The molecule has 0 saturated carbocycles. The Balaban J connectivity index is 3.11. The van der Waals surface area contributed by atoms with Crippen LogP contribution < -0.4 is 9.60 Å². The summed E-state index contributed by atoms with van der Waals surface area (Å²) in [7, 11) is -4.01. The lowest BCUT2D eigenvalue weighted by Gasteiger charge is -2.19. The molecule has 9 heteroatoms. The summed E-state index contributed by atoms with van der Waals surface area (Å²) in [5.41, 5.74) is 0.204. The van der Waals surface area contributed by atoms with Gasteiger partial charge in [-0.15, -0.1) is 0 Å². The number of carbonyl (C=O) groups is 1. The SMILES string of the molecule is CC[C@H](C)[C@H](NS(=O)(=O)c1sc(=O)[nH]c1C)C(=O)O. The average Bonchev–Trinajstić information content (AvgIpc) is 2.65. The number of nitrogens with one attached hydrogen (secondary N) is 2. The summed E-state index contributed by atoms with van der Waals surface area (Å²) < 4.78 is 26.1. The highest BCUT2D eigenvalue weighted by Crippen LogP contribution is 2.18. The van der Waals surface area contributed by atoms with Gasteiger partial charge in [0.25, 0.3) is 10.0 Å². The van der Waals surface area contributed by atoms with Crippen LogP contribution in [0.1, 0.15) is 26.0 Å². The largest absolute Gasteiger partial charge is 0.480 e. The van der Waals surface area contributed by atoms with Gasteiger partial charge in [0.05, 0.1) is 0 Å². The van der Waals surface area contributed by atoms with E-state index in [0.717, 1.165) is 0 Å². The van der Waals surface area contributed by atoms with E-state index in [4.69, 9.17) is 5.11 Å². The van der Waals surface area contributed by atoms with E-state index in [-0.39, 0.29) is 15.8 Å². The molecule has 0 spiro atoms. The van der Waals surface area contributed by atoms with Crippen molar-refractivity contribution in [2.24, 2.45) is 5.92 Å². The predicted molar refractivity (Wildman–Crippen MR) is 70.9 cm³/mol. The Kier molecular flexibility index (Phi) is 4.88. The van der Waals surface area contributed by atoms with Gasteiger partial charge in [0, 0.05) is 5.69 Å². The monoisotopic (exact) mass is 308 g/mol. The summed E-state index contributed by atoms with van der Waals surface area (Å²) in [5.74, 6) is -1.60. The third-order valence-corrected chi connectivity index (χ3v) is 5.83. The summed E-state index contributed by atoms with van der Waals surface area (Å²) in [6, 6.07) is -1.22. The number of H-pyrrole nitrogens is 1. The van der Waals surface area contributed by atoms with Gasteiger partial charge < -0.3 is 10.1 Å². The first-order valence-electron chi connectivity index (χ1n) is 5.64. The molecule has 0 bridgehead atoms. The van der Waals surface area contributed by atoms with Crippen LogP contribution in [-0.2, 0) is 14.8 Å². The normalized spacial score (nSPS) is 15.1. The molecule has 1 heterocycles. The number of hydrogen-bond donors (Lipinski definition) is 3. The van der Waals surface area contributed by atoms with Crippen molar-refractivity contribution < 1.29 is 18.3 Å². The zero-order chi connectivity index (χ0) is 14.8. The van der Waals surface area contributed by atoms with Gasteiger partial charge in [-0.2, -0.15) is 4.72 Å². The van der Waals surface area contributed by atoms with Crippen molar-refractivity contribution in [1.29, 1.82) is 0 Å². The quantitative estimate of drug-likeness (QED) is 0.708. The topological polar surface area (TPSA) is 116 Å². The van der Waals surface area contributed by atoms with Crippen LogP contribution in [0.15, 0.2) is 9.00 Å². The van der Waals surface area contributed by atoms with Gasteiger partial charge in [-0.3, -0.25) is 9.59 Å². The van der Waals surface area contributed by atoms with Crippen molar-refractivity contribution >= 4 is 27.3 Å². The van der Waals surface area contributed by atoms with Gasteiger partial charge in [-0.05, 0) is 12.8 Å². The fraction of sp³-hybridized carbons (Fsp3) is 0.600. The van der Waals surface area contributed by atoms with Crippen LogP contribution in [0.2, 0.25) is 0 Å². The van der Waals surface area contributed by atoms with Gasteiger partial charge in [0.2, 0.25) is 0 Å². The summed E-state index contributed by atoms with van der Waals surface area (Å²) >= 11 is 0.540. The number of aryl methyl sites for hydroxylation is 1. The minimum absolute atomic E-state index is 0.174. The zero-order valence-electron chi connectivity index (χ0n) is 10.8. The van der Waals surface area contributed by atoms with Crippen LogP contribution in [-0.4, -0.2) is 30.5 Å². The van der Waals surface area contributed by atoms with Crippen LogP contribution in [0.25, 0.3) is 0 Å². The highest BCUT2D eigenvalue weighted by molar-refractivity contribution is 7.91. The zero-order valence-corrected chi connectivity index (χ0v) is 12.4. The van der Waals surface area contributed by atoms with Crippen molar-refractivity contribution in [2.45, 2.75) is 37.4 Å². The molecule has 0 saturated heterocycles. The maximum absolute atomic E-state index is 12.1. The molecule has 2 atom stereocenters. The Hall–Kier alpha value is -1.19. The Morgan fingerprint density at radius 1 is 1.53 bits per heavy atom. The van der Waals surface area contributed by atoms with E-state index >= 15 is 0 Å². The number of aromatic nitrogens is 1. The number of carboxylic acids is 1. The van der Waals surface area contributed by atoms with Crippen LogP contribution in [0.3, 0.4) is 0 Å². The lowest BCUT2D eigenvalue weighted by molar-refractivity contribution is -0.140. The molecule has 0 unspecified atom stereocenters.